The molecule has 4 heteroatoms. The van der Waals surface area contributed by atoms with E-state index in [1.165, 1.54) is 11.1 Å². The first kappa shape index (κ1) is 21.5. The molecule has 162 valence electrons. The molecule has 1 aliphatic rings. The fraction of sp³-hybridized carbons (Fsp3) is 0.333. The molecule has 0 aromatic heterocycles. The monoisotopic (exact) mass is 417 g/mol. The number of nitrogens with zero attached hydrogens (tertiary/aromatic N) is 3. The fourth-order valence-electron chi connectivity index (χ4n) is 4.50. The second-order valence-electron chi connectivity index (χ2n) is 8.32. The molecule has 0 amide bonds. The van der Waals surface area contributed by atoms with Crippen LogP contribution in [0.15, 0.2) is 84.9 Å². The van der Waals surface area contributed by atoms with Crippen molar-refractivity contribution in [3.8, 4) is 0 Å². The quantitative estimate of drug-likeness (QED) is 0.508. The number of hydrogen-bond acceptors (Lipinski definition) is 3. The van der Waals surface area contributed by atoms with Crippen LogP contribution in [0.3, 0.4) is 0 Å². The van der Waals surface area contributed by atoms with E-state index < -0.39 is 0 Å². The standard InChI is InChI=1S/C27H32FN3/c1-2-30(27-16-10-9-15-26(27)28)22-25-21-29(19-23-11-5-3-6-12-23)17-18-31(25)20-24-13-7-4-8-14-24/h3-16,25H,2,17-22H2,1H3. The van der Waals surface area contributed by atoms with E-state index in [-0.39, 0.29) is 5.82 Å². The minimum atomic E-state index is -0.143. The Hall–Kier alpha value is -2.69. The first-order valence-corrected chi connectivity index (χ1v) is 11.3. The lowest BCUT2D eigenvalue weighted by Crippen LogP contribution is -2.56. The second-order valence-corrected chi connectivity index (χ2v) is 8.32. The van der Waals surface area contributed by atoms with E-state index >= 15 is 0 Å². The van der Waals surface area contributed by atoms with E-state index in [0.717, 1.165) is 45.8 Å². The Morgan fingerprint density at radius 1 is 0.806 bits per heavy atom. The maximum atomic E-state index is 14.5. The molecule has 1 fully saturated rings. The lowest BCUT2D eigenvalue weighted by molar-refractivity contribution is 0.0672. The van der Waals surface area contributed by atoms with Crippen molar-refractivity contribution in [2.45, 2.75) is 26.1 Å². The van der Waals surface area contributed by atoms with E-state index in [1.54, 1.807) is 12.1 Å². The van der Waals surface area contributed by atoms with Crippen LogP contribution < -0.4 is 4.90 Å². The maximum absolute atomic E-state index is 14.5. The predicted molar refractivity (Wildman–Crippen MR) is 127 cm³/mol. The van der Waals surface area contributed by atoms with Gasteiger partial charge in [-0.3, -0.25) is 9.80 Å². The largest absolute Gasteiger partial charge is 0.368 e. The van der Waals surface area contributed by atoms with Gasteiger partial charge >= 0.3 is 0 Å². The number of rotatable bonds is 8. The smallest absolute Gasteiger partial charge is 0.146 e. The van der Waals surface area contributed by atoms with Gasteiger partial charge in [0, 0.05) is 51.9 Å². The summed E-state index contributed by atoms with van der Waals surface area (Å²) in [6.45, 7) is 8.64. The highest BCUT2D eigenvalue weighted by Crippen LogP contribution is 2.22. The summed E-state index contributed by atoms with van der Waals surface area (Å²) in [6, 6.07) is 28.8. The summed E-state index contributed by atoms with van der Waals surface area (Å²) in [6.07, 6.45) is 0. The zero-order valence-corrected chi connectivity index (χ0v) is 18.3. The Labute approximate surface area is 185 Å². The number of anilines is 1. The zero-order chi connectivity index (χ0) is 21.5. The molecule has 0 saturated carbocycles. The van der Waals surface area contributed by atoms with Gasteiger partial charge in [-0.15, -0.1) is 0 Å². The molecule has 1 unspecified atom stereocenters. The van der Waals surface area contributed by atoms with Crippen LogP contribution in [0.5, 0.6) is 0 Å². The third-order valence-electron chi connectivity index (χ3n) is 6.17. The number of para-hydroxylation sites is 1. The van der Waals surface area contributed by atoms with Gasteiger partial charge in [0.15, 0.2) is 0 Å². The fourth-order valence-corrected chi connectivity index (χ4v) is 4.50. The lowest BCUT2D eigenvalue weighted by atomic mass is 10.1. The molecule has 3 aromatic rings. The number of likely N-dealkylation sites (N-methyl/N-ethyl adjacent to an activating group) is 1. The van der Waals surface area contributed by atoms with Gasteiger partial charge < -0.3 is 4.90 Å². The van der Waals surface area contributed by atoms with Gasteiger partial charge in [0.1, 0.15) is 5.82 Å². The summed E-state index contributed by atoms with van der Waals surface area (Å²) in [5, 5.41) is 0. The average molecular weight is 418 g/mol. The first-order chi connectivity index (χ1) is 15.2. The van der Waals surface area contributed by atoms with Crippen LogP contribution in [-0.2, 0) is 13.1 Å². The summed E-state index contributed by atoms with van der Waals surface area (Å²) < 4.78 is 14.5. The molecule has 31 heavy (non-hydrogen) atoms. The van der Waals surface area contributed by atoms with Crippen LogP contribution in [0.2, 0.25) is 0 Å². The average Bonchev–Trinajstić information content (AvgIpc) is 2.81. The SMILES string of the molecule is CCN(CC1CN(Cc2ccccc2)CCN1Cc1ccccc1)c1ccccc1F. The third kappa shape index (κ3) is 5.72. The highest BCUT2D eigenvalue weighted by Gasteiger charge is 2.29. The van der Waals surface area contributed by atoms with Gasteiger partial charge in [-0.05, 0) is 30.2 Å². The normalized spacial score (nSPS) is 17.5. The minimum Gasteiger partial charge on any atom is -0.368 e. The summed E-state index contributed by atoms with van der Waals surface area (Å²) in [5.74, 6) is -0.143. The van der Waals surface area contributed by atoms with Gasteiger partial charge in [-0.1, -0.05) is 72.8 Å². The van der Waals surface area contributed by atoms with Crippen LogP contribution in [0.4, 0.5) is 10.1 Å². The molecule has 0 N–H and O–H groups in total. The number of benzene rings is 3. The minimum absolute atomic E-state index is 0.143. The Balaban J connectivity index is 1.52. The Morgan fingerprint density at radius 3 is 2.06 bits per heavy atom. The highest BCUT2D eigenvalue weighted by atomic mass is 19.1. The van der Waals surface area contributed by atoms with Gasteiger partial charge in [-0.2, -0.15) is 0 Å². The van der Waals surface area contributed by atoms with Crippen LogP contribution >= 0.6 is 0 Å². The molecule has 1 aliphatic heterocycles. The summed E-state index contributed by atoms with van der Waals surface area (Å²) >= 11 is 0. The molecule has 3 aromatic carbocycles. The van der Waals surface area contributed by atoms with Gasteiger partial charge in [0.25, 0.3) is 0 Å². The predicted octanol–water partition coefficient (Wildman–Crippen LogP) is 5.04. The van der Waals surface area contributed by atoms with E-state index in [1.807, 2.05) is 12.1 Å². The molecule has 3 nitrogen and oxygen atoms in total. The Kier molecular flexibility index (Phi) is 7.34. The van der Waals surface area contributed by atoms with Gasteiger partial charge in [0.2, 0.25) is 0 Å². The summed E-state index contributed by atoms with van der Waals surface area (Å²) in [5.41, 5.74) is 3.38. The molecule has 0 aliphatic carbocycles. The van der Waals surface area contributed by atoms with Crippen LogP contribution in [0.1, 0.15) is 18.1 Å². The van der Waals surface area contributed by atoms with E-state index in [9.17, 15) is 4.39 Å². The van der Waals surface area contributed by atoms with Gasteiger partial charge in [-0.25, -0.2) is 4.39 Å². The van der Waals surface area contributed by atoms with Crippen LogP contribution in [0, 0.1) is 5.82 Å². The van der Waals surface area contributed by atoms with Crippen molar-refractivity contribution in [3.05, 3.63) is 102 Å². The van der Waals surface area contributed by atoms with E-state index in [0.29, 0.717) is 11.7 Å². The number of hydrogen-bond donors (Lipinski definition) is 0. The molecule has 1 saturated heterocycles. The maximum Gasteiger partial charge on any atom is 0.146 e. The molecule has 0 radical (unpaired) electrons. The van der Waals surface area contributed by atoms with Crippen LogP contribution in [0.25, 0.3) is 0 Å². The molecule has 4 rings (SSSR count). The van der Waals surface area contributed by atoms with Crippen molar-refractivity contribution >= 4 is 5.69 Å². The van der Waals surface area contributed by atoms with Crippen molar-refractivity contribution in [3.63, 3.8) is 0 Å². The zero-order valence-electron chi connectivity index (χ0n) is 18.3. The summed E-state index contributed by atoms with van der Waals surface area (Å²) in [4.78, 5) is 7.29. The third-order valence-corrected chi connectivity index (χ3v) is 6.17. The number of piperazine rings is 1. The van der Waals surface area contributed by atoms with Gasteiger partial charge in [0.05, 0.1) is 5.69 Å². The van der Waals surface area contributed by atoms with E-state index in [4.69, 9.17) is 0 Å². The highest BCUT2D eigenvalue weighted by molar-refractivity contribution is 5.47. The molecule has 0 spiro atoms. The topological polar surface area (TPSA) is 9.72 Å². The Morgan fingerprint density at radius 2 is 1.42 bits per heavy atom. The van der Waals surface area contributed by atoms with Crippen molar-refractivity contribution in [1.82, 2.24) is 9.80 Å². The molecular weight excluding hydrogens is 385 g/mol. The number of halogens is 1. The molecule has 1 heterocycles. The van der Waals surface area contributed by atoms with Crippen molar-refractivity contribution < 1.29 is 4.39 Å². The van der Waals surface area contributed by atoms with Crippen molar-refractivity contribution in [2.75, 3.05) is 37.6 Å². The molecule has 0 bridgehead atoms. The van der Waals surface area contributed by atoms with Crippen LogP contribution in [-0.4, -0.2) is 48.6 Å². The first-order valence-electron chi connectivity index (χ1n) is 11.3. The molecule has 1 atom stereocenters. The van der Waals surface area contributed by atoms with Crippen molar-refractivity contribution in [1.29, 1.82) is 0 Å². The van der Waals surface area contributed by atoms with E-state index in [2.05, 4.69) is 82.3 Å². The summed E-state index contributed by atoms with van der Waals surface area (Å²) in [7, 11) is 0. The lowest BCUT2D eigenvalue weighted by Gasteiger charge is -2.43. The molecular formula is C27H32FN3. The van der Waals surface area contributed by atoms with Crippen molar-refractivity contribution in [2.24, 2.45) is 0 Å². The second kappa shape index (κ2) is 10.6. The Bertz CT molecular complexity index is 931.